The van der Waals surface area contributed by atoms with Gasteiger partial charge in [-0.05, 0) is 37.3 Å². The number of non-ortho nitro benzene ring substituents is 1. The molecule has 3 rings (SSSR count). The van der Waals surface area contributed by atoms with Crippen LogP contribution in [-0.2, 0) is 9.59 Å². The number of amides is 1. The fraction of sp³-hybridized carbons (Fsp3) is 0.118. The number of carbonyl (C=O) groups is 2. The van der Waals surface area contributed by atoms with Gasteiger partial charge in [0.2, 0.25) is 6.04 Å². The van der Waals surface area contributed by atoms with E-state index in [0.29, 0.717) is 16.7 Å². The number of hydrogen-bond acceptors (Lipinski definition) is 7. The molecule has 0 saturated carbocycles. The second-order valence-electron chi connectivity index (χ2n) is 5.83. The van der Waals surface area contributed by atoms with Crippen LogP contribution in [0.1, 0.15) is 6.92 Å². The predicted octanol–water partition coefficient (Wildman–Crippen LogP) is 2.44. The van der Waals surface area contributed by atoms with E-state index in [2.05, 4.69) is 25.5 Å². The number of imidazole rings is 1. The lowest BCUT2D eigenvalue weighted by Gasteiger charge is -2.09. The molecule has 1 heterocycles. The second kappa shape index (κ2) is 7.61. The smallest absolute Gasteiger partial charge is 0.323 e. The number of nitrogens with one attached hydrogen (secondary N) is 3. The summed E-state index contributed by atoms with van der Waals surface area (Å²) in [7, 11) is 0. The summed E-state index contributed by atoms with van der Waals surface area (Å²) in [5, 5.41) is 20.8. The Morgan fingerprint density at radius 2 is 1.79 bits per heavy atom. The normalized spacial score (nSPS) is 12.2. The first kappa shape index (κ1) is 18.6. The minimum Gasteiger partial charge on any atom is -0.324 e. The highest BCUT2D eigenvalue weighted by Crippen LogP contribution is 2.19. The van der Waals surface area contributed by atoms with Gasteiger partial charge in [-0.15, -0.1) is 0 Å². The Bertz CT molecular complexity index is 1140. The number of ketones is 1. The molecule has 1 aromatic heterocycles. The summed E-state index contributed by atoms with van der Waals surface area (Å²) in [6, 6.07) is 8.50. The van der Waals surface area contributed by atoms with Gasteiger partial charge in [-0.1, -0.05) is 0 Å². The molecule has 3 aromatic rings. The molecular weight excluding hydrogens is 368 g/mol. The molecule has 142 valence electrons. The number of Topliss-reactive ketones (excluding diaryl/α,β-unsaturated/α-hetero) is 1. The third-order valence-corrected chi connectivity index (χ3v) is 3.77. The minimum absolute atomic E-state index is 0.113. The quantitative estimate of drug-likeness (QED) is 0.258. The Morgan fingerprint density at radius 1 is 1.11 bits per heavy atom. The molecule has 11 heteroatoms. The van der Waals surface area contributed by atoms with Crippen LogP contribution in [0.25, 0.3) is 11.0 Å². The molecule has 0 aliphatic rings. The lowest BCUT2D eigenvalue weighted by molar-refractivity contribution is -0.384. The van der Waals surface area contributed by atoms with Crippen molar-refractivity contribution in [3.8, 4) is 0 Å². The number of nitro benzene ring substituents is 1. The van der Waals surface area contributed by atoms with Crippen LogP contribution < -0.4 is 11.0 Å². The van der Waals surface area contributed by atoms with Crippen LogP contribution in [0.15, 0.2) is 57.5 Å². The fourth-order valence-electron chi connectivity index (χ4n) is 2.40. The number of hydrogen-bond donors (Lipinski definition) is 3. The molecule has 1 unspecified atom stereocenters. The molecular formula is C17H14N6O5. The van der Waals surface area contributed by atoms with Crippen molar-refractivity contribution in [2.24, 2.45) is 10.2 Å². The summed E-state index contributed by atoms with van der Waals surface area (Å²) in [5.41, 5.74) is 1.20. The predicted molar refractivity (Wildman–Crippen MR) is 99.6 cm³/mol. The van der Waals surface area contributed by atoms with Gasteiger partial charge in [0.1, 0.15) is 0 Å². The van der Waals surface area contributed by atoms with Crippen molar-refractivity contribution < 1.29 is 14.5 Å². The molecule has 0 fully saturated rings. The van der Waals surface area contributed by atoms with Gasteiger partial charge in [0.05, 0.1) is 21.6 Å². The summed E-state index contributed by atoms with van der Waals surface area (Å²) >= 11 is 0. The first-order valence-corrected chi connectivity index (χ1v) is 8.02. The Balaban J connectivity index is 1.76. The van der Waals surface area contributed by atoms with Gasteiger partial charge in [-0.2, -0.15) is 10.2 Å². The number of H-pyrrole nitrogens is 2. The van der Waals surface area contributed by atoms with Crippen molar-refractivity contribution in [3.63, 3.8) is 0 Å². The monoisotopic (exact) mass is 382 g/mol. The molecule has 28 heavy (non-hydrogen) atoms. The Morgan fingerprint density at radius 3 is 2.43 bits per heavy atom. The number of anilines is 1. The van der Waals surface area contributed by atoms with Crippen LogP contribution in [-0.4, -0.2) is 32.6 Å². The fourth-order valence-corrected chi connectivity index (χ4v) is 2.40. The third-order valence-electron chi connectivity index (χ3n) is 3.77. The van der Waals surface area contributed by atoms with Crippen LogP contribution >= 0.6 is 0 Å². The Hall–Kier alpha value is -4.15. The van der Waals surface area contributed by atoms with Crippen molar-refractivity contribution in [2.75, 3.05) is 5.32 Å². The van der Waals surface area contributed by atoms with Gasteiger partial charge in [0.15, 0.2) is 5.78 Å². The number of fused-ring (bicyclic) bond motifs is 1. The topological polar surface area (TPSA) is 163 Å². The zero-order chi connectivity index (χ0) is 20.3. The van der Waals surface area contributed by atoms with Gasteiger partial charge in [0.25, 0.3) is 11.6 Å². The molecule has 0 aliphatic heterocycles. The number of nitrogens with zero attached hydrogens (tertiary/aromatic N) is 3. The first-order chi connectivity index (χ1) is 13.3. The number of benzene rings is 2. The van der Waals surface area contributed by atoms with E-state index in [1.807, 2.05) is 0 Å². The van der Waals surface area contributed by atoms with Crippen LogP contribution in [0, 0.1) is 10.1 Å². The molecule has 11 nitrogen and oxygen atoms in total. The van der Waals surface area contributed by atoms with Gasteiger partial charge in [-0.3, -0.25) is 19.7 Å². The number of nitro groups is 1. The summed E-state index contributed by atoms with van der Waals surface area (Å²) in [6.07, 6.45) is 0. The zero-order valence-electron chi connectivity index (χ0n) is 14.5. The SMILES string of the molecule is CC(=O)C(N=Nc1ccc([N+](=O)[O-])cc1)C(=O)Nc1ccc2[nH]c(=O)[nH]c2c1. The molecule has 1 amide bonds. The first-order valence-electron chi connectivity index (χ1n) is 8.02. The van der Waals surface area contributed by atoms with Gasteiger partial charge in [0, 0.05) is 17.8 Å². The molecule has 1 atom stereocenters. The summed E-state index contributed by atoms with van der Waals surface area (Å²) < 4.78 is 0. The van der Waals surface area contributed by atoms with Gasteiger partial charge in [-0.25, -0.2) is 4.79 Å². The summed E-state index contributed by atoms with van der Waals surface area (Å²) in [6.45, 7) is 1.20. The molecule has 2 aromatic carbocycles. The lowest BCUT2D eigenvalue weighted by atomic mass is 10.2. The van der Waals surface area contributed by atoms with E-state index in [4.69, 9.17) is 0 Å². The molecule has 0 bridgehead atoms. The number of aromatic amines is 2. The van der Waals surface area contributed by atoms with E-state index < -0.39 is 22.7 Å². The lowest BCUT2D eigenvalue weighted by Crippen LogP contribution is -2.31. The van der Waals surface area contributed by atoms with E-state index in [1.54, 1.807) is 12.1 Å². The Kier molecular flexibility index (Phi) is 5.07. The van der Waals surface area contributed by atoms with E-state index in [9.17, 15) is 24.5 Å². The molecule has 0 spiro atoms. The van der Waals surface area contributed by atoms with E-state index in [-0.39, 0.29) is 17.1 Å². The standard InChI is InChI=1S/C17H14N6O5/c1-9(24)15(22-21-10-2-5-12(6-3-10)23(27)28)16(25)18-11-4-7-13-14(8-11)20-17(26)19-13/h2-8,15H,1H3,(H,18,25)(H2,19,20,26). The molecule has 0 aliphatic carbocycles. The summed E-state index contributed by atoms with van der Waals surface area (Å²) in [5.74, 6) is -1.23. The second-order valence-corrected chi connectivity index (χ2v) is 5.83. The van der Waals surface area contributed by atoms with E-state index in [0.717, 1.165) is 0 Å². The largest absolute Gasteiger partial charge is 0.324 e. The molecule has 3 N–H and O–H groups in total. The number of carbonyl (C=O) groups excluding carboxylic acids is 2. The van der Waals surface area contributed by atoms with Crippen molar-refractivity contribution >= 4 is 39.8 Å². The van der Waals surface area contributed by atoms with E-state index in [1.165, 1.54) is 37.3 Å². The maximum Gasteiger partial charge on any atom is 0.323 e. The zero-order valence-corrected chi connectivity index (χ0v) is 14.5. The van der Waals surface area contributed by atoms with Crippen LogP contribution in [0.3, 0.4) is 0 Å². The molecule has 0 saturated heterocycles. The maximum atomic E-state index is 12.4. The highest BCUT2D eigenvalue weighted by atomic mass is 16.6. The van der Waals surface area contributed by atoms with Crippen molar-refractivity contribution in [1.29, 1.82) is 0 Å². The van der Waals surface area contributed by atoms with E-state index >= 15 is 0 Å². The van der Waals surface area contributed by atoms with Crippen LogP contribution in [0.5, 0.6) is 0 Å². The average Bonchev–Trinajstić information content (AvgIpc) is 3.01. The minimum atomic E-state index is -1.39. The van der Waals surface area contributed by atoms with Crippen LogP contribution in [0.2, 0.25) is 0 Å². The summed E-state index contributed by atoms with van der Waals surface area (Å²) in [4.78, 5) is 50.7. The number of aromatic nitrogens is 2. The Labute approximate surface area is 156 Å². The van der Waals surface area contributed by atoms with Gasteiger partial charge >= 0.3 is 5.69 Å². The average molecular weight is 382 g/mol. The molecule has 0 radical (unpaired) electrons. The third kappa shape index (κ3) is 4.15. The number of azo groups is 1. The van der Waals surface area contributed by atoms with Gasteiger partial charge < -0.3 is 15.3 Å². The highest BCUT2D eigenvalue weighted by Gasteiger charge is 2.23. The van der Waals surface area contributed by atoms with Crippen molar-refractivity contribution in [2.45, 2.75) is 13.0 Å². The van der Waals surface area contributed by atoms with Crippen molar-refractivity contribution in [3.05, 3.63) is 63.1 Å². The van der Waals surface area contributed by atoms with Crippen molar-refractivity contribution in [1.82, 2.24) is 9.97 Å². The van der Waals surface area contributed by atoms with Crippen LogP contribution in [0.4, 0.5) is 17.1 Å². The maximum absolute atomic E-state index is 12.4. The number of rotatable bonds is 6. The highest BCUT2D eigenvalue weighted by molar-refractivity contribution is 6.10.